The van der Waals surface area contributed by atoms with Crippen LogP contribution < -0.4 is 5.32 Å². The standard InChI is InChI=1S/C24H43N5O11/c1-19(2)40-24(37)39-14-13-38-12-3-25-20(30)15-26-4-6-27(16-21(31)32)8-10-29(18-23(35)36)11-9-28(7-5-26)17-22(33)34/h19H,3-18H2,1-2H3,(H,25,30)(H,31,32)(H,33,34)(H,35,36). The van der Waals surface area contributed by atoms with Crippen LogP contribution >= 0.6 is 0 Å². The summed E-state index contributed by atoms with van der Waals surface area (Å²) in [4.78, 5) is 64.7. The van der Waals surface area contributed by atoms with Crippen LogP contribution in [0.5, 0.6) is 0 Å². The van der Waals surface area contributed by atoms with E-state index in [1.807, 2.05) is 4.90 Å². The monoisotopic (exact) mass is 577 g/mol. The van der Waals surface area contributed by atoms with Gasteiger partial charge in [0.1, 0.15) is 6.61 Å². The van der Waals surface area contributed by atoms with Gasteiger partial charge in [-0.2, -0.15) is 0 Å². The predicted molar refractivity (Wildman–Crippen MR) is 140 cm³/mol. The molecular formula is C24H43N5O11. The van der Waals surface area contributed by atoms with Crippen molar-refractivity contribution < 1.29 is 53.5 Å². The van der Waals surface area contributed by atoms with Crippen LogP contribution in [0.2, 0.25) is 0 Å². The topological polar surface area (TPSA) is 199 Å². The average molecular weight is 578 g/mol. The Bertz CT molecular complexity index is 782. The van der Waals surface area contributed by atoms with Crippen molar-refractivity contribution in [1.82, 2.24) is 24.9 Å². The predicted octanol–water partition coefficient (Wildman–Crippen LogP) is -1.84. The molecule has 0 aromatic heterocycles. The minimum atomic E-state index is -1.02. The minimum Gasteiger partial charge on any atom is -0.480 e. The number of carbonyl (C=O) groups is 5. The third kappa shape index (κ3) is 18.3. The van der Waals surface area contributed by atoms with Crippen molar-refractivity contribution in [3.63, 3.8) is 0 Å². The summed E-state index contributed by atoms with van der Waals surface area (Å²) in [5, 5.41) is 30.6. The first-order valence-electron chi connectivity index (χ1n) is 13.2. The average Bonchev–Trinajstić information content (AvgIpc) is 2.83. The molecule has 0 aliphatic carbocycles. The zero-order chi connectivity index (χ0) is 29.9. The van der Waals surface area contributed by atoms with Crippen molar-refractivity contribution in [2.45, 2.75) is 20.0 Å². The van der Waals surface area contributed by atoms with Gasteiger partial charge < -0.3 is 34.8 Å². The second kappa shape index (κ2) is 19.9. The van der Waals surface area contributed by atoms with Gasteiger partial charge in [0, 0.05) is 58.9 Å². The van der Waals surface area contributed by atoms with Crippen molar-refractivity contribution in [3.8, 4) is 0 Å². The molecule has 0 atom stereocenters. The lowest BCUT2D eigenvalue weighted by Crippen LogP contribution is -2.50. The molecule has 0 bridgehead atoms. The number of carboxylic acids is 3. The van der Waals surface area contributed by atoms with Gasteiger partial charge in [-0.15, -0.1) is 0 Å². The molecule has 0 spiro atoms. The normalized spacial score (nSPS) is 17.0. The number of ether oxygens (including phenoxy) is 3. The maximum absolute atomic E-state index is 12.6. The van der Waals surface area contributed by atoms with Crippen LogP contribution in [0, 0.1) is 0 Å². The zero-order valence-electron chi connectivity index (χ0n) is 23.3. The summed E-state index contributed by atoms with van der Waals surface area (Å²) < 4.78 is 15.0. The van der Waals surface area contributed by atoms with Gasteiger partial charge >= 0.3 is 24.1 Å². The number of nitrogens with zero attached hydrogens (tertiary/aromatic N) is 4. The Labute approximate surface area is 233 Å². The van der Waals surface area contributed by atoms with E-state index in [-0.39, 0.29) is 64.6 Å². The smallest absolute Gasteiger partial charge is 0.480 e. The third-order valence-corrected chi connectivity index (χ3v) is 5.72. The fraction of sp³-hybridized carbons (Fsp3) is 0.792. The molecule has 0 aromatic carbocycles. The SMILES string of the molecule is CC(C)OC(=O)OCCOCCNC(=O)CN1CCN(CC(=O)O)CCN(CC(=O)O)CCN(CC(=O)O)CC1. The third-order valence-electron chi connectivity index (χ3n) is 5.72. The van der Waals surface area contributed by atoms with E-state index in [1.165, 1.54) is 0 Å². The van der Waals surface area contributed by atoms with Crippen LogP contribution in [0.4, 0.5) is 4.79 Å². The van der Waals surface area contributed by atoms with Gasteiger partial charge in [-0.3, -0.25) is 38.8 Å². The molecule has 0 aromatic rings. The van der Waals surface area contributed by atoms with Crippen molar-refractivity contribution >= 4 is 30.0 Å². The number of amides is 1. The molecule has 16 heteroatoms. The quantitative estimate of drug-likeness (QED) is 0.125. The lowest BCUT2D eigenvalue weighted by atomic mass is 10.3. The van der Waals surface area contributed by atoms with E-state index in [4.69, 9.17) is 14.2 Å². The molecule has 0 saturated carbocycles. The number of rotatable bonds is 15. The highest BCUT2D eigenvalue weighted by molar-refractivity contribution is 5.78. The Morgan fingerprint density at radius 3 is 1.43 bits per heavy atom. The first kappa shape index (κ1) is 35.0. The highest BCUT2D eigenvalue weighted by Gasteiger charge is 2.21. The molecular weight excluding hydrogens is 534 g/mol. The molecule has 1 aliphatic heterocycles. The number of aliphatic carboxylic acids is 3. The van der Waals surface area contributed by atoms with Crippen LogP contribution in [0.1, 0.15) is 13.8 Å². The fourth-order valence-electron chi connectivity index (χ4n) is 3.82. The number of hydrogen-bond acceptors (Lipinski definition) is 12. The lowest BCUT2D eigenvalue weighted by molar-refractivity contribution is -0.140. The summed E-state index contributed by atoms with van der Waals surface area (Å²) in [7, 11) is 0. The van der Waals surface area contributed by atoms with Gasteiger partial charge in [-0.05, 0) is 13.8 Å². The van der Waals surface area contributed by atoms with Crippen LogP contribution in [0.25, 0.3) is 0 Å². The number of hydrogen-bond donors (Lipinski definition) is 4. The Hall–Kier alpha value is -3.05. The summed E-state index contributed by atoms with van der Waals surface area (Å²) in [6.07, 6.45) is -1.06. The highest BCUT2D eigenvalue weighted by Crippen LogP contribution is 2.01. The molecule has 1 amide bonds. The Kier molecular flexibility index (Phi) is 17.4. The van der Waals surface area contributed by atoms with E-state index in [9.17, 15) is 39.3 Å². The zero-order valence-corrected chi connectivity index (χ0v) is 23.3. The lowest BCUT2D eigenvalue weighted by Gasteiger charge is -2.32. The second-order valence-electron chi connectivity index (χ2n) is 9.51. The van der Waals surface area contributed by atoms with Crippen LogP contribution in [-0.2, 0) is 33.4 Å². The Morgan fingerprint density at radius 2 is 1.05 bits per heavy atom. The van der Waals surface area contributed by atoms with Gasteiger partial charge in [0.25, 0.3) is 0 Å². The molecule has 0 unspecified atom stereocenters. The van der Waals surface area contributed by atoms with E-state index in [2.05, 4.69) is 5.32 Å². The van der Waals surface area contributed by atoms with E-state index < -0.39 is 24.1 Å². The molecule has 4 N–H and O–H groups in total. The summed E-state index contributed by atoms with van der Waals surface area (Å²) >= 11 is 0. The maximum atomic E-state index is 12.6. The first-order chi connectivity index (χ1) is 18.9. The van der Waals surface area contributed by atoms with Gasteiger partial charge in [-0.1, -0.05) is 0 Å². The number of carboxylic acid groups (broad SMARTS) is 3. The van der Waals surface area contributed by atoms with Crippen molar-refractivity contribution in [2.75, 3.05) is 105 Å². The summed E-state index contributed by atoms with van der Waals surface area (Å²) in [6.45, 7) is 5.81. The molecule has 1 rings (SSSR count). The fourth-order valence-corrected chi connectivity index (χ4v) is 3.82. The molecule has 1 aliphatic rings. The van der Waals surface area contributed by atoms with Gasteiger partial charge in [0.05, 0.1) is 45.5 Å². The summed E-state index contributed by atoms with van der Waals surface area (Å²) in [5.74, 6) is -3.34. The maximum Gasteiger partial charge on any atom is 0.508 e. The van der Waals surface area contributed by atoms with Gasteiger partial charge in [0.15, 0.2) is 0 Å². The van der Waals surface area contributed by atoms with E-state index in [0.29, 0.717) is 52.4 Å². The van der Waals surface area contributed by atoms with E-state index >= 15 is 0 Å². The number of carbonyl (C=O) groups excluding carboxylic acids is 2. The second-order valence-corrected chi connectivity index (χ2v) is 9.51. The molecule has 16 nitrogen and oxygen atoms in total. The molecule has 0 radical (unpaired) electrons. The van der Waals surface area contributed by atoms with Crippen molar-refractivity contribution in [2.24, 2.45) is 0 Å². The van der Waals surface area contributed by atoms with Crippen molar-refractivity contribution in [1.29, 1.82) is 0 Å². The highest BCUT2D eigenvalue weighted by atomic mass is 16.7. The summed E-state index contributed by atoms with van der Waals surface area (Å²) in [5.41, 5.74) is 0. The Morgan fingerprint density at radius 1 is 0.650 bits per heavy atom. The molecule has 1 saturated heterocycles. The molecule has 40 heavy (non-hydrogen) atoms. The van der Waals surface area contributed by atoms with E-state index in [1.54, 1.807) is 28.5 Å². The molecule has 1 heterocycles. The van der Waals surface area contributed by atoms with Crippen LogP contribution in [-0.4, -0.2) is 176 Å². The summed E-state index contributed by atoms with van der Waals surface area (Å²) in [6, 6.07) is 0. The molecule has 230 valence electrons. The minimum absolute atomic E-state index is 0.0110. The van der Waals surface area contributed by atoms with Crippen LogP contribution in [0.15, 0.2) is 0 Å². The number of nitrogens with one attached hydrogen (secondary N) is 1. The van der Waals surface area contributed by atoms with E-state index in [0.717, 1.165) is 0 Å². The van der Waals surface area contributed by atoms with Gasteiger partial charge in [-0.25, -0.2) is 4.79 Å². The largest absolute Gasteiger partial charge is 0.508 e. The Balaban J connectivity index is 2.64. The first-order valence-corrected chi connectivity index (χ1v) is 13.2. The van der Waals surface area contributed by atoms with Crippen LogP contribution in [0.3, 0.4) is 0 Å². The van der Waals surface area contributed by atoms with Crippen molar-refractivity contribution in [3.05, 3.63) is 0 Å². The molecule has 1 fully saturated rings. The van der Waals surface area contributed by atoms with Gasteiger partial charge in [0.2, 0.25) is 5.91 Å².